The minimum absolute atomic E-state index is 0.233. The van der Waals surface area contributed by atoms with E-state index in [1.165, 1.54) is 0 Å². The molecule has 1 rings (SSSR count). The van der Waals surface area contributed by atoms with Gasteiger partial charge < -0.3 is 9.64 Å². The zero-order valence-electron chi connectivity index (χ0n) is 8.38. The highest BCUT2D eigenvalue weighted by Gasteiger charge is 2.17. The summed E-state index contributed by atoms with van der Waals surface area (Å²) in [4.78, 5) is 17.1. The third kappa shape index (κ3) is 2.73. The van der Waals surface area contributed by atoms with E-state index in [1.54, 1.807) is 49.6 Å². The predicted molar refractivity (Wildman–Crippen MR) is 54.7 cm³/mol. The molecule has 1 atom stereocenters. The van der Waals surface area contributed by atoms with Crippen molar-refractivity contribution in [1.82, 2.24) is 4.90 Å². The molecule has 14 heavy (non-hydrogen) atoms. The molecule has 76 valence electrons. The van der Waals surface area contributed by atoms with Crippen LogP contribution in [-0.2, 0) is 9.53 Å². The summed E-state index contributed by atoms with van der Waals surface area (Å²) in [6.45, 7) is 3.99. The topological polar surface area (TPSA) is 41.9 Å². The fourth-order valence-electron chi connectivity index (χ4n) is 1.05. The van der Waals surface area contributed by atoms with E-state index in [9.17, 15) is 4.79 Å². The smallest absolute Gasteiger partial charge is 0.328 e. The van der Waals surface area contributed by atoms with Crippen molar-refractivity contribution in [2.24, 2.45) is 4.99 Å². The molecule has 0 bridgehead atoms. The lowest BCUT2D eigenvalue weighted by Gasteiger charge is -2.21. The van der Waals surface area contributed by atoms with Gasteiger partial charge in [-0.2, -0.15) is 0 Å². The number of carbonyl (C=O) groups is 1. The van der Waals surface area contributed by atoms with Gasteiger partial charge in [-0.3, -0.25) is 4.99 Å². The van der Waals surface area contributed by atoms with Crippen LogP contribution in [0.15, 0.2) is 29.7 Å². The Morgan fingerprint density at radius 3 is 3.07 bits per heavy atom. The SMILES string of the molecule is CCOC(=O)C(C)N1C=CC=NC=C1. The second kappa shape index (κ2) is 5.21. The highest BCUT2D eigenvalue weighted by molar-refractivity contribution is 5.76. The predicted octanol–water partition coefficient (Wildman–Crippen LogP) is 1.31. The maximum absolute atomic E-state index is 11.4. The van der Waals surface area contributed by atoms with Gasteiger partial charge in [-0.1, -0.05) is 0 Å². The quantitative estimate of drug-likeness (QED) is 0.636. The van der Waals surface area contributed by atoms with Crippen LogP contribution in [0.3, 0.4) is 0 Å². The van der Waals surface area contributed by atoms with E-state index in [4.69, 9.17) is 4.74 Å². The van der Waals surface area contributed by atoms with Gasteiger partial charge in [-0.05, 0) is 19.9 Å². The van der Waals surface area contributed by atoms with E-state index in [1.807, 2.05) is 0 Å². The van der Waals surface area contributed by atoms with Gasteiger partial charge in [0.25, 0.3) is 0 Å². The second-order valence-corrected chi connectivity index (χ2v) is 2.81. The Labute approximate surface area is 83.6 Å². The first kappa shape index (κ1) is 10.5. The summed E-state index contributed by atoms with van der Waals surface area (Å²) in [6, 6.07) is -0.316. The first-order chi connectivity index (χ1) is 6.75. The average Bonchev–Trinajstić information content (AvgIpc) is 2.45. The largest absolute Gasteiger partial charge is 0.464 e. The molecule has 0 saturated heterocycles. The average molecular weight is 194 g/mol. The molecule has 1 unspecified atom stereocenters. The van der Waals surface area contributed by atoms with Crippen molar-refractivity contribution in [2.75, 3.05) is 6.61 Å². The molecule has 0 aliphatic carbocycles. The van der Waals surface area contributed by atoms with Crippen molar-refractivity contribution < 1.29 is 9.53 Å². The van der Waals surface area contributed by atoms with Crippen LogP contribution in [0.5, 0.6) is 0 Å². The number of hydrogen-bond donors (Lipinski definition) is 0. The van der Waals surface area contributed by atoms with Crippen molar-refractivity contribution in [3.63, 3.8) is 0 Å². The molecule has 0 amide bonds. The van der Waals surface area contributed by atoms with Gasteiger partial charge in [0.15, 0.2) is 0 Å². The van der Waals surface area contributed by atoms with Crippen molar-refractivity contribution in [1.29, 1.82) is 0 Å². The van der Waals surface area contributed by atoms with Gasteiger partial charge in [0.1, 0.15) is 6.04 Å². The summed E-state index contributed by atoms with van der Waals surface area (Å²) in [5.74, 6) is -0.233. The summed E-state index contributed by atoms with van der Waals surface area (Å²) in [5, 5.41) is 0. The lowest BCUT2D eigenvalue weighted by atomic mass is 10.3. The number of nitrogens with zero attached hydrogens (tertiary/aromatic N) is 2. The van der Waals surface area contributed by atoms with Crippen LogP contribution in [0.1, 0.15) is 13.8 Å². The molecule has 0 fully saturated rings. The molecule has 1 aliphatic heterocycles. The van der Waals surface area contributed by atoms with Crippen molar-refractivity contribution in [2.45, 2.75) is 19.9 Å². The van der Waals surface area contributed by atoms with Crippen LogP contribution in [0, 0.1) is 0 Å². The minimum Gasteiger partial charge on any atom is -0.464 e. The van der Waals surface area contributed by atoms with Crippen LogP contribution in [0.2, 0.25) is 0 Å². The lowest BCUT2D eigenvalue weighted by Crippen LogP contribution is -2.32. The van der Waals surface area contributed by atoms with Crippen LogP contribution in [0.4, 0.5) is 0 Å². The number of carbonyl (C=O) groups excluding carboxylic acids is 1. The number of hydrogen-bond acceptors (Lipinski definition) is 4. The van der Waals surface area contributed by atoms with Crippen molar-refractivity contribution >= 4 is 12.2 Å². The Balaban J connectivity index is 2.60. The summed E-state index contributed by atoms with van der Waals surface area (Å²) in [6.07, 6.45) is 8.59. The molecular formula is C10H14N2O2. The molecule has 0 saturated carbocycles. The van der Waals surface area contributed by atoms with Crippen molar-refractivity contribution in [3.05, 3.63) is 24.7 Å². The summed E-state index contributed by atoms with van der Waals surface area (Å²) in [7, 11) is 0. The molecular weight excluding hydrogens is 180 g/mol. The van der Waals surface area contributed by atoms with Crippen molar-refractivity contribution in [3.8, 4) is 0 Å². The Hall–Kier alpha value is -1.58. The van der Waals surface area contributed by atoms with Crippen LogP contribution >= 0.6 is 0 Å². The second-order valence-electron chi connectivity index (χ2n) is 2.81. The molecule has 1 heterocycles. The normalized spacial score (nSPS) is 16.6. The van der Waals surface area contributed by atoms with Gasteiger partial charge in [0, 0.05) is 24.8 Å². The maximum atomic E-state index is 11.4. The van der Waals surface area contributed by atoms with E-state index in [0.717, 1.165) is 0 Å². The molecule has 0 aromatic heterocycles. The molecule has 0 N–H and O–H groups in total. The van der Waals surface area contributed by atoms with E-state index in [-0.39, 0.29) is 12.0 Å². The molecule has 1 aliphatic rings. The van der Waals surface area contributed by atoms with Crippen LogP contribution in [0.25, 0.3) is 0 Å². The molecule has 4 heteroatoms. The minimum atomic E-state index is -0.316. The fraction of sp³-hybridized carbons (Fsp3) is 0.400. The Morgan fingerprint density at radius 2 is 2.36 bits per heavy atom. The Morgan fingerprint density at radius 1 is 1.57 bits per heavy atom. The standard InChI is InChI=1S/C10H14N2O2/c1-3-14-10(13)9(2)12-7-4-5-11-6-8-12/h4-9H,3H2,1-2H3. The lowest BCUT2D eigenvalue weighted by molar-refractivity contribution is -0.147. The molecule has 0 radical (unpaired) electrons. The number of esters is 1. The Bertz CT molecular complexity index is 266. The molecule has 0 spiro atoms. The number of aliphatic imine (C=N–C) groups is 1. The van der Waals surface area contributed by atoms with Crippen LogP contribution < -0.4 is 0 Å². The third-order valence-electron chi connectivity index (χ3n) is 1.83. The Kier molecular flexibility index (Phi) is 3.91. The number of allylic oxidation sites excluding steroid dienone is 1. The summed E-state index contributed by atoms with van der Waals surface area (Å²) < 4.78 is 4.91. The monoisotopic (exact) mass is 194 g/mol. The molecule has 0 aromatic rings. The molecule has 4 nitrogen and oxygen atoms in total. The first-order valence-corrected chi connectivity index (χ1v) is 4.56. The van der Waals surface area contributed by atoms with Crippen LogP contribution in [-0.4, -0.2) is 29.7 Å². The highest BCUT2D eigenvalue weighted by Crippen LogP contribution is 2.05. The first-order valence-electron chi connectivity index (χ1n) is 4.56. The van der Waals surface area contributed by atoms with Gasteiger partial charge in [-0.15, -0.1) is 0 Å². The third-order valence-corrected chi connectivity index (χ3v) is 1.83. The molecule has 0 aromatic carbocycles. The number of ether oxygens (including phenoxy) is 1. The van der Waals surface area contributed by atoms with Gasteiger partial charge >= 0.3 is 5.97 Å². The maximum Gasteiger partial charge on any atom is 0.328 e. The highest BCUT2D eigenvalue weighted by atomic mass is 16.5. The van der Waals surface area contributed by atoms with E-state index < -0.39 is 0 Å². The van der Waals surface area contributed by atoms with Gasteiger partial charge in [-0.25, -0.2) is 4.79 Å². The fourth-order valence-corrected chi connectivity index (χ4v) is 1.05. The van der Waals surface area contributed by atoms with Gasteiger partial charge in [0.05, 0.1) is 6.61 Å². The van der Waals surface area contributed by atoms with E-state index in [2.05, 4.69) is 4.99 Å². The zero-order valence-corrected chi connectivity index (χ0v) is 8.38. The summed E-state index contributed by atoms with van der Waals surface area (Å²) >= 11 is 0. The van der Waals surface area contributed by atoms with E-state index in [0.29, 0.717) is 6.61 Å². The van der Waals surface area contributed by atoms with Gasteiger partial charge in [0.2, 0.25) is 0 Å². The zero-order chi connectivity index (χ0) is 10.4. The number of rotatable bonds is 3. The summed E-state index contributed by atoms with van der Waals surface area (Å²) in [5.41, 5.74) is 0. The van der Waals surface area contributed by atoms with E-state index >= 15 is 0 Å².